The van der Waals surface area contributed by atoms with Crippen LogP contribution in [-0.4, -0.2) is 85.8 Å². The van der Waals surface area contributed by atoms with Crippen molar-refractivity contribution < 1.29 is 64.2 Å². The van der Waals surface area contributed by atoms with Crippen LogP contribution in [0.3, 0.4) is 0 Å². The molecule has 0 saturated carbocycles. The van der Waals surface area contributed by atoms with Crippen molar-refractivity contribution in [2.45, 2.75) is 81.9 Å². The van der Waals surface area contributed by atoms with E-state index in [0.29, 0.717) is 73.2 Å². The van der Waals surface area contributed by atoms with E-state index in [2.05, 4.69) is 46.0 Å². The van der Waals surface area contributed by atoms with Crippen molar-refractivity contribution >= 4 is 55.8 Å². The molecule has 3 N–H and O–H groups in total. The van der Waals surface area contributed by atoms with Gasteiger partial charge in [-0.25, -0.2) is 5.26 Å². The first-order valence-corrected chi connectivity index (χ1v) is 24.9. The maximum atomic E-state index is 12.2. The van der Waals surface area contributed by atoms with Gasteiger partial charge >= 0.3 is 0 Å². The summed E-state index contributed by atoms with van der Waals surface area (Å²) in [5.74, 6) is 1.78. The van der Waals surface area contributed by atoms with Crippen LogP contribution in [0.5, 0.6) is 5.75 Å². The Morgan fingerprint density at radius 2 is 1.66 bits per heavy atom. The molecule has 0 aromatic heterocycles. The summed E-state index contributed by atoms with van der Waals surface area (Å²) in [6, 6.07) is 20.3. The van der Waals surface area contributed by atoms with Gasteiger partial charge in [-0.1, -0.05) is 55.3 Å². The summed E-state index contributed by atoms with van der Waals surface area (Å²) >= 11 is 1.03. The van der Waals surface area contributed by atoms with Gasteiger partial charge in [0.15, 0.2) is 17.2 Å². The molecule has 0 unspecified atom stereocenters. The van der Waals surface area contributed by atoms with E-state index in [1.165, 1.54) is 17.7 Å². The van der Waals surface area contributed by atoms with Gasteiger partial charge < -0.3 is 19.1 Å². The van der Waals surface area contributed by atoms with Gasteiger partial charge in [0, 0.05) is 83.7 Å². The number of allylic oxidation sites excluding steroid dienone is 6. The molecule has 15 nitrogen and oxygen atoms in total. The summed E-state index contributed by atoms with van der Waals surface area (Å²) in [7, 11) is -8.67. The standard InChI is InChI=1S/C46H54N2O13S3/c1-45(2)37-11-5-6-12-39(37)47(25-7-9-29-62-61-60-50)43(45)22-20-41-44(59-35-16-13-33(14-17-35)23-27-57-32-49)34(24-28-58-41)15-21-42-46(3,4)38-31-36(64(54,55)56)18-19-40(38)48(42)26-8-10-30-63(51,52)53/h5-6,11-22,31-32H,7-10,23-30H2,1-4H3,(H2-,50,51,52,53,54,55,56)/p+1. The van der Waals surface area contributed by atoms with Crippen LogP contribution in [0.4, 0.5) is 11.4 Å². The Bertz CT molecular complexity index is 2560. The zero-order valence-electron chi connectivity index (χ0n) is 36.3. The fraction of sp³-hybridized carbons (Fsp3) is 0.391. The highest BCUT2D eigenvalue weighted by Gasteiger charge is 2.44. The van der Waals surface area contributed by atoms with Crippen LogP contribution in [0, 0.1) is 0 Å². The van der Waals surface area contributed by atoms with Crippen molar-refractivity contribution in [3.8, 4) is 5.75 Å². The van der Waals surface area contributed by atoms with Crippen molar-refractivity contribution in [3.63, 3.8) is 0 Å². The second-order valence-electron chi connectivity index (χ2n) is 16.6. The van der Waals surface area contributed by atoms with Gasteiger partial charge in [0.05, 0.1) is 29.3 Å². The molecule has 0 spiro atoms. The van der Waals surface area contributed by atoms with E-state index in [1.54, 1.807) is 6.07 Å². The zero-order valence-corrected chi connectivity index (χ0v) is 38.7. The first kappa shape index (κ1) is 48.7. The van der Waals surface area contributed by atoms with Gasteiger partial charge in [0.2, 0.25) is 5.69 Å². The normalized spacial score (nSPS) is 18.2. The number of fused-ring (bicyclic) bond motifs is 2. The van der Waals surface area contributed by atoms with Crippen LogP contribution in [0.25, 0.3) is 0 Å². The van der Waals surface area contributed by atoms with Crippen LogP contribution in [-0.2, 0) is 61.1 Å². The fourth-order valence-corrected chi connectivity index (χ4v) is 9.90. The third kappa shape index (κ3) is 11.7. The molecule has 3 aliphatic heterocycles. The van der Waals surface area contributed by atoms with Crippen molar-refractivity contribution in [1.29, 1.82) is 0 Å². The van der Waals surface area contributed by atoms with Gasteiger partial charge in [0.25, 0.3) is 26.7 Å². The van der Waals surface area contributed by atoms with Gasteiger partial charge in [-0.15, -0.1) is 4.33 Å². The lowest BCUT2D eigenvalue weighted by atomic mass is 9.81. The van der Waals surface area contributed by atoms with Crippen molar-refractivity contribution in [2.75, 3.05) is 42.7 Å². The van der Waals surface area contributed by atoms with Gasteiger partial charge in [0.1, 0.15) is 12.3 Å². The molecule has 6 rings (SSSR count). The molecular weight excluding hydrogens is 885 g/mol. The molecule has 0 atom stereocenters. The van der Waals surface area contributed by atoms with E-state index in [9.17, 15) is 30.7 Å². The SMILES string of the molecule is CC1(C)C(/C=C/C2=C(Oc3ccc(CCOC=O)cc3)C(=C/C=C3/N(CCCCS(=O)(=O)O)c4ccc(S(=O)(=O)O)cc4C3(C)C)/CCO2)=[N+](CCCCSOOO)c2ccccc21. The Morgan fingerprint density at radius 1 is 0.891 bits per heavy atom. The number of anilines is 1. The Labute approximate surface area is 379 Å². The molecule has 344 valence electrons. The molecule has 3 aromatic carbocycles. The molecular formula is C46H55N2O13S3+. The topological polar surface area (TPSA) is 198 Å². The minimum absolute atomic E-state index is 0.200. The summed E-state index contributed by atoms with van der Waals surface area (Å²) in [5.41, 5.74) is 6.18. The number of carbonyl (C=O) groups is 1. The largest absolute Gasteiger partial charge is 0.489 e. The molecule has 0 saturated heterocycles. The number of hydrogen-bond donors (Lipinski definition) is 3. The maximum absolute atomic E-state index is 12.2. The fourth-order valence-electron chi connectivity index (χ4n) is 8.39. The van der Waals surface area contributed by atoms with Crippen molar-refractivity contribution in [3.05, 3.63) is 131 Å². The molecule has 3 heterocycles. The third-order valence-electron chi connectivity index (χ3n) is 11.6. The minimum Gasteiger partial charge on any atom is -0.489 e. The molecule has 0 fully saturated rings. The summed E-state index contributed by atoms with van der Waals surface area (Å²) < 4.78 is 91.8. The van der Waals surface area contributed by atoms with E-state index in [0.717, 1.165) is 59.7 Å². The summed E-state index contributed by atoms with van der Waals surface area (Å²) in [6.07, 6.45) is 11.2. The zero-order chi connectivity index (χ0) is 46.1. The number of carbonyl (C=O) groups excluding carboxylic acids is 1. The number of nitrogens with zero attached hydrogens (tertiary/aromatic N) is 2. The molecule has 3 aromatic rings. The molecule has 3 aliphatic rings. The average Bonchev–Trinajstić information content (AvgIpc) is 3.60. The molecule has 0 amide bonds. The van der Waals surface area contributed by atoms with E-state index in [-0.39, 0.29) is 23.3 Å². The van der Waals surface area contributed by atoms with Crippen LogP contribution >= 0.6 is 12.0 Å². The predicted molar refractivity (Wildman–Crippen MR) is 244 cm³/mol. The van der Waals surface area contributed by atoms with Crippen LogP contribution in [0.1, 0.15) is 76.5 Å². The number of hydrogen-bond acceptors (Lipinski definition) is 13. The summed E-state index contributed by atoms with van der Waals surface area (Å²) in [6.45, 7) is 10.4. The van der Waals surface area contributed by atoms with Crippen molar-refractivity contribution in [2.24, 2.45) is 0 Å². The van der Waals surface area contributed by atoms with Crippen LogP contribution < -0.4 is 9.64 Å². The average molecular weight is 940 g/mol. The quantitative estimate of drug-likeness (QED) is 0.0165. The Balaban J connectivity index is 1.42. The molecule has 0 bridgehead atoms. The lowest BCUT2D eigenvalue weighted by Crippen LogP contribution is -2.28. The first-order valence-electron chi connectivity index (χ1n) is 20.9. The Kier molecular flexibility index (Phi) is 16.0. The second kappa shape index (κ2) is 21.0. The highest BCUT2D eigenvalue weighted by molar-refractivity contribution is 7.94. The highest BCUT2D eigenvalue weighted by atomic mass is 32.2. The molecule has 64 heavy (non-hydrogen) atoms. The lowest BCUT2D eigenvalue weighted by molar-refractivity contribution is -0.438. The van der Waals surface area contributed by atoms with Crippen molar-refractivity contribution in [1.82, 2.24) is 0 Å². The monoisotopic (exact) mass is 939 g/mol. The summed E-state index contributed by atoms with van der Waals surface area (Å²) in [4.78, 5) is 12.5. The Morgan fingerprint density at radius 3 is 2.38 bits per heavy atom. The number of benzene rings is 3. The molecule has 0 aliphatic carbocycles. The maximum Gasteiger partial charge on any atom is 0.294 e. The Hall–Kier alpha value is -4.79. The van der Waals surface area contributed by atoms with Gasteiger partial charge in [-0.3, -0.25) is 13.9 Å². The number of unbranched alkanes of at least 4 members (excludes halogenated alkanes) is 2. The lowest BCUT2D eigenvalue weighted by Gasteiger charge is -2.27. The number of para-hydroxylation sites is 1. The van der Waals surface area contributed by atoms with E-state index in [4.69, 9.17) is 19.5 Å². The third-order valence-corrected chi connectivity index (χ3v) is 13.9. The van der Waals surface area contributed by atoms with Gasteiger partial charge in [-0.2, -0.15) is 21.4 Å². The minimum atomic E-state index is -4.51. The molecule has 18 heteroatoms. The number of rotatable bonds is 22. The van der Waals surface area contributed by atoms with E-state index >= 15 is 0 Å². The van der Waals surface area contributed by atoms with E-state index < -0.39 is 31.4 Å². The first-order chi connectivity index (χ1) is 30.5. The smallest absolute Gasteiger partial charge is 0.294 e. The van der Waals surface area contributed by atoms with Crippen LogP contribution in [0.2, 0.25) is 0 Å². The van der Waals surface area contributed by atoms with E-state index in [1.807, 2.05) is 73.4 Å². The molecule has 0 radical (unpaired) electrons. The van der Waals surface area contributed by atoms with Crippen LogP contribution in [0.15, 0.2) is 119 Å². The predicted octanol–water partition coefficient (Wildman–Crippen LogP) is 8.42. The highest BCUT2D eigenvalue weighted by Crippen LogP contribution is 2.49. The van der Waals surface area contributed by atoms with Gasteiger partial charge in [-0.05, 0) is 86.7 Å². The number of ether oxygens (including phenoxy) is 3. The second-order valence-corrected chi connectivity index (χ2v) is 20.4. The summed E-state index contributed by atoms with van der Waals surface area (Å²) in [5, 5.41) is 12.2.